The van der Waals surface area contributed by atoms with Gasteiger partial charge in [0, 0.05) is 25.3 Å². The number of hydrogen-bond acceptors (Lipinski definition) is 1. The molecule has 0 saturated carbocycles. The van der Waals surface area contributed by atoms with Gasteiger partial charge >= 0.3 is 0 Å². The summed E-state index contributed by atoms with van der Waals surface area (Å²) >= 11 is 3.41. The highest BCUT2D eigenvalue weighted by molar-refractivity contribution is 9.09. The predicted molar refractivity (Wildman–Crippen MR) is 69.4 cm³/mol. The monoisotopic (exact) mass is 277 g/mol. The highest BCUT2D eigenvalue weighted by atomic mass is 79.9. The van der Waals surface area contributed by atoms with Crippen LogP contribution in [0, 0.1) is 0 Å². The van der Waals surface area contributed by atoms with Gasteiger partial charge in [-0.3, -0.25) is 4.79 Å². The zero-order chi connectivity index (χ0) is 11.5. The molecule has 0 aliphatic rings. The lowest BCUT2D eigenvalue weighted by Gasteiger charge is -2.16. The van der Waals surface area contributed by atoms with Crippen LogP contribution >= 0.6 is 15.9 Å². The molecule has 1 amide bonds. The van der Waals surface area contributed by atoms with Gasteiger partial charge in [0.2, 0.25) is 5.91 Å². The lowest BCUT2D eigenvalue weighted by atomic mass is 10.1. The van der Waals surface area contributed by atoms with Gasteiger partial charge in [0.15, 0.2) is 0 Å². The Labute approximate surface area is 103 Å². The van der Waals surface area contributed by atoms with Gasteiger partial charge in [0.25, 0.3) is 0 Å². The number of rotatable bonds is 9. The highest BCUT2D eigenvalue weighted by Gasteiger charge is 2.06. The molecule has 0 spiro atoms. The molecule has 90 valence electrons. The molecule has 0 aromatic carbocycles. The number of nitrogens with zero attached hydrogens (tertiary/aromatic N) is 1. The van der Waals surface area contributed by atoms with Gasteiger partial charge in [-0.25, -0.2) is 0 Å². The maximum absolute atomic E-state index is 11.6. The van der Waals surface area contributed by atoms with Gasteiger partial charge in [-0.1, -0.05) is 42.1 Å². The molecule has 0 bridgehead atoms. The zero-order valence-electron chi connectivity index (χ0n) is 10.1. The summed E-state index contributed by atoms with van der Waals surface area (Å²) in [6.45, 7) is 3.06. The van der Waals surface area contributed by atoms with Crippen molar-refractivity contribution in [2.75, 3.05) is 18.9 Å². The van der Waals surface area contributed by atoms with Crippen LogP contribution in [0.3, 0.4) is 0 Å². The average Bonchev–Trinajstić information content (AvgIpc) is 2.25. The van der Waals surface area contributed by atoms with E-state index in [1.54, 1.807) is 0 Å². The summed E-state index contributed by atoms with van der Waals surface area (Å²) < 4.78 is 0. The Morgan fingerprint density at radius 1 is 1.13 bits per heavy atom. The van der Waals surface area contributed by atoms with Crippen molar-refractivity contribution in [1.29, 1.82) is 0 Å². The number of carbonyl (C=O) groups is 1. The van der Waals surface area contributed by atoms with Crippen LogP contribution in [-0.4, -0.2) is 29.7 Å². The Morgan fingerprint density at radius 3 is 2.40 bits per heavy atom. The Balaban J connectivity index is 3.38. The minimum Gasteiger partial charge on any atom is -0.346 e. The summed E-state index contributed by atoms with van der Waals surface area (Å²) in [5, 5.41) is 1.08. The fraction of sp³-hybridized carbons (Fsp3) is 0.917. The van der Waals surface area contributed by atoms with E-state index in [9.17, 15) is 4.79 Å². The topological polar surface area (TPSA) is 20.3 Å². The largest absolute Gasteiger partial charge is 0.346 e. The van der Waals surface area contributed by atoms with E-state index in [-0.39, 0.29) is 0 Å². The number of unbranched alkanes of at least 4 members (excludes halogenated alkanes) is 4. The van der Waals surface area contributed by atoms with Crippen molar-refractivity contribution in [1.82, 2.24) is 4.90 Å². The molecule has 15 heavy (non-hydrogen) atoms. The van der Waals surface area contributed by atoms with E-state index in [0.717, 1.165) is 37.6 Å². The Kier molecular flexibility index (Phi) is 10.4. The Hall–Kier alpha value is -0.0500. The first kappa shape index (κ1) is 14.9. The minimum atomic E-state index is 0.308. The van der Waals surface area contributed by atoms with Crippen molar-refractivity contribution in [3.8, 4) is 0 Å². The molecule has 0 fully saturated rings. The highest BCUT2D eigenvalue weighted by Crippen LogP contribution is 2.06. The predicted octanol–water partition coefficient (Wildman–Crippen LogP) is 3.59. The van der Waals surface area contributed by atoms with Crippen molar-refractivity contribution in [3.05, 3.63) is 0 Å². The lowest BCUT2D eigenvalue weighted by molar-refractivity contribution is -0.130. The second-order valence-corrected chi connectivity index (χ2v) is 4.82. The molecule has 0 aromatic rings. The Morgan fingerprint density at radius 2 is 1.80 bits per heavy atom. The molecule has 0 aliphatic heterocycles. The van der Waals surface area contributed by atoms with Gasteiger partial charge in [0.05, 0.1) is 0 Å². The van der Waals surface area contributed by atoms with E-state index >= 15 is 0 Å². The summed E-state index contributed by atoms with van der Waals surface area (Å²) in [5.74, 6) is 0.308. The second-order valence-electron chi connectivity index (χ2n) is 4.02. The van der Waals surface area contributed by atoms with Crippen LogP contribution in [0.5, 0.6) is 0 Å². The fourth-order valence-corrected chi connectivity index (χ4v) is 1.83. The number of carbonyl (C=O) groups excluding carboxylic acids is 1. The number of hydrogen-bond donors (Lipinski definition) is 0. The molecule has 0 atom stereocenters. The van der Waals surface area contributed by atoms with Gasteiger partial charge < -0.3 is 4.90 Å². The summed E-state index contributed by atoms with van der Waals surface area (Å²) in [4.78, 5) is 13.5. The van der Waals surface area contributed by atoms with Crippen molar-refractivity contribution in [3.63, 3.8) is 0 Å². The first-order valence-corrected chi connectivity index (χ1v) is 7.14. The van der Waals surface area contributed by atoms with E-state index < -0.39 is 0 Å². The van der Waals surface area contributed by atoms with Crippen LogP contribution in [0.15, 0.2) is 0 Å². The van der Waals surface area contributed by atoms with Crippen LogP contribution < -0.4 is 0 Å². The third-order valence-corrected chi connectivity index (χ3v) is 3.11. The van der Waals surface area contributed by atoms with Gasteiger partial charge in [-0.15, -0.1) is 0 Å². The average molecular weight is 278 g/mol. The van der Waals surface area contributed by atoms with Crippen LogP contribution in [-0.2, 0) is 4.79 Å². The Bertz CT molecular complexity index is 162. The van der Waals surface area contributed by atoms with Crippen molar-refractivity contribution < 1.29 is 4.79 Å². The van der Waals surface area contributed by atoms with Crippen LogP contribution in [0.1, 0.15) is 51.9 Å². The van der Waals surface area contributed by atoms with E-state index in [1.165, 1.54) is 19.3 Å². The van der Waals surface area contributed by atoms with Crippen molar-refractivity contribution in [2.24, 2.45) is 0 Å². The first-order valence-electron chi connectivity index (χ1n) is 6.02. The van der Waals surface area contributed by atoms with Gasteiger partial charge in [-0.05, 0) is 19.3 Å². The van der Waals surface area contributed by atoms with Gasteiger partial charge in [-0.2, -0.15) is 0 Å². The number of amides is 1. The van der Waals surface area contributed by atoms with Crippen molar-refractivity contribution in [2.45, 2.75) is 51.9 Å². The van der Waals surface area contributed by atoms with E-state index in [1.807, 2.05) is 11.9 Å². The second kappa shape index (κ2) is 10.5. The third-order valence-electron chi connectivity index (χ3n) is 2.55. The number of alkyl halides is 1. The van der Waals surface area contributed by atoms with Crippen LogP contribution in [0.2, 0.25) is 0 Å². The molecule has 2 nitrogen and oxygen atoms in total. The molecular weight excluding hydrogens is 254 g/mol. The summed E-state index contributed by atoms with van der Waals surface area (Å²) in [5.41, 5.74) is 0. The maximum Gasteiger partial charge on any atom is 0.222 e. The lowest BCUT2D eigenvalue weighted by Crippen LogP contribution is -2.27. The SMILES string of the molecule is CCCCN(C)C(=O)CCCCCCBr. The van der Waals surface area contributed by atoms with Gasteiger partial charge in [0.1, 0.15) is 0 Å². The third kappa shape index (κ3) is 8.91. The van der Waals surface area contributed by atoms with Crippen LogP contribution in [0.25, 0.3) is 0 Å². The van der Waals surface area contributed by atoms with E-state index in [2.05, 4.69) is 22.9 Å². The quantitative estimate of drug-likeness (QED) is 0.466. The van der Waals surface area contributed by atoms with Crippen molar-refractivity contribution >= 4 is 21.8 Å². The summed E-state index contributed by atoms with van der Waals surface area (Å²) in [6.07, 6.45) is 7.68. The molecule has 0 N–H and O–H groups in total. The molecule has 0 unspecified atom stereocenters. The summed E-state index contributed by atoms with van der Waals surface area (Å²) in [7, 11) is 1.91. The molecule has 3 heteroatoms. The van der Waals surface area contributed by atoms with E-state index in [0.29, 0.717) is 5.91 Å². The molecule has 0 heterocycles. The summed E-state index contributed by atoms with van der Waals surface area (Å²) in [6, 6.07) is 0. The molecular formula is C12H24BrNO. The maximum atomic E-state index is 11.6. The fourth-order valence-electron chi connectivity index (χ4n) is 1.44. The smallest absolute Gasteiger partial charge is 0.222 e. The molecule has 0 radical (unpaired) electrons. The molecule has 0 rings (SSSR count). The first-order chi connectivity index (χ1) is 7.22. The normalized spacial score (nSPS) is 10.3. The van der Waals surface area contributed by atoms with E-state index in [4.69, 9.17) is 0 Å². The molecule has 0 saturated heterocycles. The standard InChI is InChI=1S/C12H24BrNO/c1-3-4-11-14(2)12(15)9-7-5-6-8-10-13/h3-11H2,1-2H3. The zero-order valence-corrected chi connectivity index (χ0v) is 11.7. The van der Waals surface area contributed by atoms with Crippen LogP contribution in [0.4, 0.5) is 0 Å². The minimum absolute atomic E-state index is 0.308. The molecule has 0 aliphatic carbocycles. The number of halogens is 1. The molecule has 0 aromatic heterocycles.